The van der Waals surface area contributed by atoms with Gasteiger partial charge in [-0.2, -0.15) is 0 Å². The standard InChI is InChI=1S/C14H17N3O4S/c1-17-8-13(15-10-17)22(19,20)16-9-14(18)6-7-21-12-5-3-2-4-11(12)14/h2-5,8,10,16,18H,6-7,9H2,1H3/t14-/m1/s1. The Balaban J connectivity index is 1.82. The molecule has 0 spiro atoms. The SMILES string of the molecule is Cn1cnc(S(=O)(=O)NC[C@]2(O)CCOc3ccccc32)c1. The molecular weight excluding hydrogens is 306 g/mol. The molecular formula is C14H17N3O4S. The molecule has 1 aliphatic rings. The van der Waals surface area contributed by atoms with Crippen molar-refractivity contribution in [2.24, 2.45) is 7.05 Å². The van der Waals surface area contributed by atoms with Crippen LogP contribution in [0.25, 0.3) is 0 Å². The Morgan fingerprint density at radius 3 is 2.95 bits per heavy atom. The van der Waals surface area contributed by atoms with Crippen LogP contribution in [-0.2, 0) is 22.7 Å². The van der Waals surface area contributed by atoms with Gasteiger partial charge in [-0.15, -0.1) is 0 Å². The summed E-state index contributed by atoms with van der Waals surface area (Å²) in [5.74, 6) is 0.577. The number of hydrogen-bond acceptors (Lipinski definition) is 5. The molecule has 1 aliphatic heterocycles. The number of imidazole rings is 1. The number of nitrogens with zero attached hydrogens (tertiary/aromatic N) is 2. The minimum Gasteiger partial charge on any atom is -0.493 e. The predicted octanol–water partition coefficient (Wildman–Crippen LogP) is 0.369. The third-order valence-electron chi connectivity index (χ3n) is 3.67. The molecule has 7 nitrogen and oxygen atoms in total. The van der Waals surface area contributed by atoms with Crippen molar-refractivity contribution in [3.05, 3.63) is 42.4 Å². The summed E-state index contributed by atoms with van der Waals surface area (Å²) in [4.78, 5) is 3.82. The molecule has 0 saturated heterocycles. The summed E-state index contributed by atoms with van der Waals surface area (Å²) in [6.07, 6.45) is 3.13. The Bertz CT molecular complexity index is 787. The maximum atomic E-state index is 12.2. The third-order valence-corrected chi connectivity index (χ3v) is 4.96. The van der Waals surface area contributed by atoms with Crippen molar-refractivity contribution in [2.75, 3.05) is 13.2 Å². The zero-order valence-electron chi connectivity index (χ0n) is 12.1. The number of sulfonamides is 1. The fraction of sp³-hybridized carbons (Fsp3) is 0.357. The first kappa shape index (κ1) is 15.0. The van der Waals surface area contributed by atoms with Crippen LogP contribution < -0.4 is 9.46 Å². The number of aliphatic hydroxyl groups is 1. The number of hydrogen-bond donors (Lipinski definition) is 2. The van der Waals surface area contributed by atoms with Gasteiger partial charge in [0.15, 0.2) is 5.03 Å². The number of ether oxygens (including phenoxy) is 1. The van der Waals surface area contributed by atoms with Gasteiger partial charge in [0.05, 0.1) is 12.9 Å². The number of benzene rings is 1. The molecule has 0 radical (unpaired) electrons. The first-order valence-electron chi connectivity index (χ1n) is 6.83. The van der Waals surface area contributed by atoms with E-state index in [4.69, 9.17) is 4.74 Å². The highest BCUT2D eigenvalue weighted by atomic mass is 32.2. The molecule has 2 heterocycles. The Morgan fingerprint density at radius 1 is 1.45 bits per heavy atom. The number of rotatable bonds is 4. The molecule has 2 aromatic rings. The fourth-order valence-electron chi connectivity index (χ4n) is 2.44. The second kappa shape index (κ2) is 5.38. The summed E-state index contributed by atoms with van der Waals surface area (Å²) >= 11 is 0. The van der Waals surface area contributed by atoms with Crippen molar-refractivity contribution >= 4 is 10.0 Å². The van der Waals surface area contributed by atoms with E-state index >= 15 is 0 Å². The molecule has 1 aromatic carbocycles. The number of aromatic nitrogens is 2. The second-order valence-corrected chi connectivity index (χ2v) is 7.04. The lowest BCUT2D eigenvalue weighted by atomic mass is 9.88. The smallest absolute Gasteiger partial charge is 0.259 e. The predicted molar refractivity (Wildman–Crippen MR) is 78.8 cm³/mol. The van der Waals surface area contributed by atoms with E-state index in [1.54, 1.807) is 29.8 Å². The number of fused-ring (bicyclic) bond motifs is 1. The van der Waals surface area contributed by atoms with E-state index in [0.717, 1.165) is 0 Å². The van der Waals surface area contributed by atoms with E-state index < -0.39 is 15.6 Å². The topological polar surface area (TPSA) is 93.5 Å². The minimum atomic E-state index is -3.76. The van der Waals surface area contributed by atoms with Crippen LogP contribution in [-0.4, -0.2) is 36.2 Å². The van der Waals surface area contributed by atoms with Crippen molar-refractivity contribution in [3.63, 3.8) is 0 Å². The fourth-order valence-corrected chi connectivity index (χ4v) is 3.51. The van der Waals surface area contributed by atoms with Gasteiger partial charge in [0.1, 0.15) is 11.4 Å². The van der Waals surface area contributed by atoms with Crippen molar-refractivity contribution in [1.29, 1.82) is 0 Å². The molecule has 0 aliphatic carbocycles. The molecule has 22 heavy (non-hydrogen) atoms. The lowest BCUT2D eigenvalue weighted by Gasteiger charge is -2.34. The van der Waals surface area contributed by atoms with E-state index in [1.807, 2.05) is 6.07 Å². The van der Waals surface area contributed by atoms with Crippen LogP contribution in [0.3, 0.4) is 0 Å². The second-order valence-electron chi connectivity index (χ2n) is 5.33. The van der Waals surface area contributed by atoms with Crippen molar-refractivity contribution in [3.8, 4) is 5.75 Å². The molecule has 0 bridgehead atoms. The van der Waals surface area contributed by atoms with Crippen LogP contribution in [0.4, 0.5) is 0 Å². The quantitative estimate of drug-likeness (QED) is 0.848. The van der Waals surface area contributed by atoms with Gasteiger partial charge in [-0.1, -0.05) is 18.2 Å². The lowest BCUT2D eigenvalue weighted by Crippen LogP contribution is -2.43. The Kier molecular flexibility index (Phi) is 3.67. The van der Waals surface area contributed by atoms with Gasteiger partial charge < -0.3 is 14.4 Å². The molecule has 8 heteroatoms. The first-order chi connectivity index (χ1) is 10.4. The summed E-state index contributed by atoms with van der Waals surface area (Å²) in [6.45, 7) is 0.200. The number of aryl methyl sites for hydroxylation is 1. The average molecular weight is 323 g/mol. The van der Waals surface area contributed by atoms with Crippen molar-refractivity contribution in [2.45, 2.75) is 17.0 Å². The maximum absolute atomic E-state index is 12.2. The highest BCUT2D eigenvalue weighted by molar-refractivity contribution is 7.89. The molecule has 118 valence electrons. The first-order valence-corrected chi connectivity index (χ1v) is 8.31. The van der Waals surface area contributed by atoms with E-state index in [2.05, 4.69) is 9.71 Å². The molecule has 0 unspecified atom stereocenters. The third kappa shape index (κ3) is 2.72. The number of para-hydroxylation sites is 1. The molecule has 1 aromatic heterocycles. The Morgan fingerprint density at radius 2 is 2.23 bits per heavy atom. The summed E-state index contributed by atoms with van der Waals surface area (Å²) in [5, 5.41) is 10.7. The summed E-state index contributed by atoms with van der Waals surface area (Å²) < 4.78 is 33.9. The summed E-state index contributed by atoms with van der Waals surface area (Å²) in [6, 6.07) is 7.09. The molecule has 0 amide bonds. The van der Waals surface area contributed by atoms with Crippen LogP contribution in [0, 0.1) is 0 Å². The van der Waals surface area contributed by atoms with Gasteiger partial charge in [-0.3, -0.25) is 0 Å². The molecule has 3 rings (SSSR count). The highest BCUT2D eigenvalue weighted by Gasteiger charge is 2.36. The molecule has 1 atom stereocenters. The summed E-state index contributed by atoms with van der Waals surface area (Å²) in [5.41, 5.74) is -0.707. The van der Waals surface area contributed by atoms with Crippen LogP contribution in [0.1, 0.15) is 12.0 Å². The largest absolute Gasteiger partial charge is 0.493 e. The van der Waals surface area contributed by atoms with Gasteiger partial charge in [-0.25, -0.2) is 18.1 Å². The van der Waals surface area contributed by atoms with Gasteiger partial charge in [0.2, 0.25) is 0 Å². The van der Waals surface area contributed by atoms with Crippen LogP contribution in [0.15, 0.2) is 41.8 Å². The van der Waals surface area contributed by atoms with Crippen molar-refractivity contribution < 1.29 is 18.3 Å². The van der Waals surface area contributed by atoms with E-state index in [0.29, 0.717) is 24.3 Å². The highest BCUT2D eigenvalue weighted by Crippen LogP contribution is 2.36. The lowest BCUT2D eigenvalue weighted by molar-refractivity contribution is 0.00218. The van der Waals surface area contributed by atoms with Gasteiger partial charge in [0.25, 0.3) is 10.0 Å². The van der Waals surface area contributed by atoms with Gasteiger partial charge in [-0.05, 0) is 6.07 Å². The molecule has 0 fully saturated rings. The van der Waals surface area contributed by atoms with Gasteiger partial charge >= 0.3 is 0 Å². The van der Waals surface area contributed by atoms with Gasteiger partial charge in [0, 0.05) is 31.8 Å². The maximum Gasteiger partial charge on any atom is 0.259 e. The minimum absolute atomic E-state index is 0.0704. The van der Waals surface area contributed by atoms with Crippen LogP contribution in [0.5, 0.6) is 5.75 Å². The van der Waals surface area contributed by atoms with Crippen LogP contribution in [0.2, 0.25) is 0 Å². The van der Waals surface area contributed by atoms with Crippen LogP contribution >= 0.6 is 0 Å². The van der Waals surface area contributed by atoms with E-state index in [9.17, 15) is 13.5 Å². The Hall–Kier alpha value is -1.90. The molecule has 0 saturated carbocycles. The summed E-state index contributed by atoms with van der Waals surface area (Å²) in [7, 11) is -2.07. The zero-order valence-corrected chi connectivity index (χ0v) is 12.9. The zero-order chi connectivity index (χ0) is 15.8. The van der Waals surface area contributed by atoms with Crippen molar-refractivity contribution in [1.82, 2.24) is 14.3 Å². The van der Waals surface area contributed by atoms with E-state index in [-0.39, 0.29) is 11.6 Å². The number of nitrogens with one attached hydrogen (secondary N) is 1. The normalized spacial score (nSPS) is 21.2. The van der Waals surface area contributed by atoms with E-state index in [1.165, 1.54) is 12.5 Å². The monoisotopic (exact) mass is 323 g/mol. The Labute approximate surface area is 128 Å². The molecule has 2 N–H and O–H groups in total. The average Bonchev–Trinajstić information content (AvgIpc) is 2.94.